The van der Waals surface area contributed by atoms with Crippen molar-refractivity contribution in [2.75, 3.05) is 9.80 Å². The summed E-state index contributed by atoms with van der Waals surface area (Å²) in [6, 6.07) is 32.0. The van der Waals surface area contributed by atoms with E-state index in [1.807, 2.05) is 0 Å². The molecule has 10 nitrogen and oxygen atoms in total. The predicted octanol–water partition coefficient (Wildman–Crippen LogP) is 7.80. The summed E-state index contributed by atoms with van der Waals surface area (Å²) in [6.07, 6.45) is -3.39. The third-order valence-electron chi connectivity index (χ3n) is 12.1. The molecule has 2 aliphatic heterocycles. The van der Waals surface area contributed by atoms with Gasteiger partial charge in [0, 0.05) is 33.7 Å². The lowest BCUT2D eigenvalue weighted by atomic mass is 9.57. The number of imide groups is 2. The van der Waals surface area contributed by atoms with Gasteiger partial charge in [0.1, 0.15) is 11.5 Å². The highest BCUT2D eigenvalue weighted by Gasteiger charge is 2.62. The van der Waals surface area contributed by atoms with Crippen molar-refractivity contribution >= 4 is 46.6 Å². The lowest BCUT2D eigenvalue weighted by Crippen LogP contribution is -2.43. The van der Waals surface area contributed by atoms with E-state index < -0.39 is 77.0 Å². The molecule has 4 amide bonds. The van der Waals surface area contributed by atoms with Gasteiger partial charge < -0.3 is 9.84 Å². The second kappa shape index (κ2) is 14.6. The second-order valence-corrected chi connectivity index (χ2v) is 15.3. The van der Waals surface area contributed by atoms with Crippen LogP contribution in [0.2, 0.25) is 0 Å². The number of hydrogen-bond acceptors (Lipinski definition) is 8. The van der Waals surface area contributed by atoms with Crippen LogP contribution in [-0.2, 0) is 19.2 Å². The second-order valence-electron chi connectivity index (χ2n) is 15.3. The summed E-state index contributed by atoms with van der Waals surface area (Å²) in [5.74, 6) is -10.2. The van der Waals surface area contributed by atoms with E-state index >= 15 is 0 Å². The van der Waals surface area contributed by atoms with Gasteiger partial charge in [0.2, 0.25) is 23.6 Å². The number of carbonyl (C=O) groups is 6. The summed E-state index contributed by atoms with van der Waals surface area (Å²) in [7, 11) is 0. The number of alkyl halides is 3. The smallest absolute Gasteiger partial charge is 0.508 e. The van der Waals surface area contributed by atoms with Crippen molar-refractivity contribution < 1.29 is 51.8 Å². The average molecular weight is 811 g/mol. The van der Waals surface area contributed by atoms with Crippen LogP contribution in [0.1, 0.15) is 56.2 Å². The van der Waals surface area contributed by atoms with Crippen LogP contribution in [0.5, 0.6) is 11.5 Å². The third-order valence-corrected chi connectivity index (χ3v) is 12.1. The van der Waals surface area contributed by atoms with Crippen LogP contribution in [0.4, 0.5) is 24.5 Å². The Balaban J connectivity index is 1.07. The fraction of sp³-hybridized carbons (Fsp3) is 0.191. The Kier molecular flexibility index (Phi) is 9.33. The van der Waals surface area contributed by atoms with Crippen molar-refractivity contribution in [2.24, 2.45) is 29.6 Å². The van der Waals surface area contributed by atoms with Crippen LogP contribution in [-0.4, -0.2) is 46.7 Å². The Hall–Kier alpha value is -7.15. The number of nitrogens with zero attached hydrogens (tertiary/aromatic N) is 2. The molecule has 6 atom stereocenters. The number of phenols is 1. The normalized spacial score (nSPS) is 23.5. The number of anilines is 2. The molecule has 0 radical (unpaired) electrons. The summed E-state index contributed by atoms with van der Waals surface area (Å²) < 4.78 is 44.6. The lowest BCUT2D eigenvalue weighted by molar-refractivity contribution is -0.274. The number of phenolic OH excluding ortho intramolecular Hbond substituents is 1. The number of carbonyl (C=O) groups excluding carboxylic acids is 6. The fourth-order valence-corrected chi connectivity index (χ4v) is 9.46. The van der Waals surface area contributed by atoms with Gasteiger partial charge >= 0.3 is 6.36 Å². The Bertz CT molecular complexity index is 2630. The number of fused-ring (bicyclic) bond motifs is 4. The first-order chi connectivity index (χ1) is 28.8. The quantitative estimate of drug-likeness (QED) is 0.0953. The maximum atomic E-state index is 14.6. The van der Waals surface area contributed by atoms with E-state index in [-0.39, 0.29) is 41.3 Å². The molecular weight excluding hydrogens is 778 g/mol. The number of rotatable bonds is 8. The van der Waals surface area contributed by atoms with Gasteiger partial charge in [-0.15, -0.1) is 13.2 Å². The van der Waals surface area contributed by atoms with Gasteiger partial charge in [0.25, 0.3) is 0 Å². The minimum atomic E-state index is -5.08. The highest BCUT2D eigenvalue weighted by molar-refractivity contribution is 6.24. The van der Waals surface area contributed by atoms with Gasteiger partial charge in [-0.25, -0.2) is 0 Å². The van der Waals surface area contributed by atoms with Crippen molar-refractivity contribution in [3.8, 4) is 11.5 Å². The molecule has 9 rings (SSSR count). The molecule has 5 aromatic carbocycles. The number of hydrogen-bond donors (Lipinski definition) is 1. The van der Waals surface area contributed by atoms with Crippen LogP contribution in [0.15, 0.2) is 139 Å². The number of halogens is 3. The highest BCUT2D eigenvalue weighted by atomic mass is 19.4. The number of allylic oxidation sites excluding steroid dienone is 2. The first-order valence-corrected chi connectivity index (χ1v) is 19.2. The van der Waals surface area contributed by atoms with Gasteiger partial charge in [-0.05, 0) is 85.5 Å². The number of benzene rings is 5. The molecule has 0 spiro atoms. The summed E-state index contributed by atoms with van der Waals surface area (Å²) in [5, 5.41) is 11.3. The van der Waals surface area contributed by atoms with Gasteiger partial charge in [0.15, 0.2) is 11.6 Å². The topological polar surface area (TPSA) is 138 Å². The lowest BCUT2D eigenvalue weighted by Gasteiger charge is -2.44. The summed E-state index contributed by atoms with van der Waals surface area (Å²) in [4.78, 5) is 85.9. The molecule has 2 aliphatic carbocycles. The number of ether oxygens (including phenoxy) is 1. The number of ketones is 2. The molecule has 4 aliphatic rings. The molecule has 0 aromatic heterocycles. The predicted molar refractivity (Wildman–Crippen MR) is 210 cm³/mol. The maximum absolute atomic E-state index is 14.6. The average Bonchev–Trinajstić information content (AvgIpc) is 3.66. The molecule has 5 aromatic rings. The molecule has 1 saturated carbocycles. The zero-order valence-electron chi connectivity index (χ0n) is 31.4. The van der Waals surface area contributed by atoms with Crippen LogP contribution in [0, 0.1) is 29.6 Å². The molecule has 2 saturated heterocycles. The first-order valence-electron chi connectivity index (χ1n) is 19.2. The van der Waals surface area contributed by atoms with Gasteiger partial charge in [-0.2, -0.15) is 0 Å². The van der Waals surface area contributed by atoms with E-state index in [1.54, 1.807) is 66.7 Å². The fourth-order valence-electron chi connectivity index (χ4n) is 9.46. The van der Waals surface area contributed by atoms with Crippen molar-refractivity contribution in [3.05, 3.63) is 167 Å². The van der Waals surface area contributed by atoms with E-state index in [0.717, 1.165) is 28.0 Å². The minimum absolute atomic E-state index is 0.0400. The summed E-state index contributed by atoms with van der Waals surface area (Å²) in [6.45, 7) is 0. The number of amides is 4. The van der Waals surface area contributed by atoms with Crippen LogP contribution in [0.3, 0.4) is 0 Å². The summed E-state index contributed by atoms with van der Waals surface area (Å²) in [5.41, 5.74) is 2.27. The minimum Gasteiger partial charge on any atom is -0.508 e. The Morgan fingerprint density at radius 2 is 1.07 bits per heavy atom. The van der Waals surface area contributed by atoms with Gasteiger partial charge in [0.05, 0.1) is 35.0 Å². The SMILES string of the molecule is O=C(c1ccccc1)c1ccc(N2C(=O)C3CC=C4C(CC5C(=O)N(c6ccc(C(=O)c7ccccc7)cc6)C(=O)C5C4c4cc(OC(F)(F)F)ccc4O)C3C2=O)cc1. The Morgan fingerprint density at radius 1 is 0.583 bits per heavy atom. The molecule has 3 fully saturated rings. The van der Waals surface area contributed by atoms with Crippen molar-refractivity contribution in [2.45, 2.75) is 25.1 Å². The van der Waals surface area contributed by atoms with Crippen molar-refractivity contribution in [3.63, 3.8) is 0 Å². The van der Waals surface area contributed by atoms with E-state index in [1.165, 1.54) is 48.5 Å². The Labute approximate surface area is 340 Å². The largest absolute Gasteiger partial charge is 0.573 e. The first kappa shape index (κ1) is 38.4. The van der Waals surface area contributed by atoms with E-state index in [4.69, 9.17) is 0 Å². The maximum Gasteiger partial charge on any atom is 0.573 e. The third kappa shape index (κ3) is 6.46. The molecule has 60 heavy (non-hydrogen) atoms. The molecule has 300 valence electrons. The van der Waals surface area contributed by atoms with E-state index in [9.17, 15) is 47.0 Å². The Morgan fingerprint density at radius 3 is 1.58 bits per heavy atom. The van der Waals surface area contributed by atoms with Crippen molar-refractivity contribution in [1.82, 2.24) is 0 Å². The van der Waals surface area contributed by atoms with E-state index in [2.05, 4.69) is 4.74 Å². The molecule has 13 heteroatoms. The van der Waals surface area contributed by atoms with E-state index in [0.29, 0.717) is 27.8 Å². The molecule has 2 heterocycles. The van der Waals surface area contributed by atoms with Gasteiger partial charge in [-0.1, -0.05) is 72.3 Å². The highest BCUT2D eigenvalue weighted by Crippen LogP contribution is 2.59. The molecule has 0 bridgehead atoms. The molecule has 1 N–H and O–H groups in total. The monoisotopic (exact) mass is 810 g/mol. The van der Waals surface area contributed by atoms with Gasteiger partial charge in [-0.3, -0.25) is 38.6 Å². The zero-order valence-corrected chi connectivity index (χ0v) is 31.4. The number of aromatic hydroxyl groups is 1. The van der Waals surface area contributed by atoms with Crippen LogP contribution in [0.25, 0.3) is 0 Å². The van der Waals surface area contributed by atoms with Crippen LogP contribution >= 0.6 is 0 Å². The zero-order chi connectivity index (χ0) is 42.0. The standard InChI is InChI=1S/C47H33F3N2O8/c48-47(49,50)60-31-19-22-37(53)35(23-31)38-32-20-21-33-39(45(58)51(43(33)56)29-15-11-27(12-16-29)41(54)25-7-3-1-4-8-25)34(32)24-36-40(38)46(59)52(44(36)57)30-17-13-28(14-18-30)42(55)26-9-5-2-6-10-26/h1-20,22-23,33-34,36,38-40,53H,21,24H2. The molecule has 6 unspecified atom stereocenters. The van der Waals surface area contributed by atoms with Crippen LogP contribution < -0.4 is 14.5 Å². The molecular formula is C47H33F3N2O8. The van der Waals surface area contributed by atoms with Crippen molar-refractivity contribution in [1.29, 1.82) is 0 Å². The summed E-state index contributed by atoms with van der Waals surface area (Å²) >= 11 is 0.